The summed E-state index contributed by atoms with van der Waals surface area (Å²) in [5.41, 5.74) is 3.34. The minimum Gasteiger partial charge on any atom is -0.379 e. The molecule has 1 aliphatic heterocycles. The molecule has 38 heavy (non-hydrogen) atoms. The number of aromatic nitrogens is 2. The minimum atomic E-state index is -0.197. The third kappa shape index (κ3) is 8.46. The van der Waals surface area contributed by atoms with Crippen molar-refractivity contribution in [1.29, 1.82) is 0 Å². The summed E-state index contributed by atoms with van der Waals surface area (Å²) in [7, 11) is 0. The molecule has 8 nitrogen and oxygen atoms in total. The number of nitrogens with zero attached hydrogens (tertiary/aromatic N) is 5. The van der Waals surface area contributed by atoms with Crippen LogP contribution in [0.2, 0.25) is 0 Å². The second-order valence-corrected chi connectivity index (χ2v) is 9.58. The highest BCUT2D eigenvalue weighted by Crippen LogP contribution is 2.11. The number of hydrogen-bond donors (Lipinski definition) is 0. The van der Waals surface area contributed by atoms with Crippen molar-refractivity contribution in [2.45, 2.75) is 26.3 Å². The molecule has 2 heterocycles. The molecule has 8 heteroatoms. The number of carbonyl (C=O) groups excluding carboxylic acids is 2. The zero-order valence-electron chi connectivity index (χ0n) is 22.2. The molecule has 0 bridgehead atoms. The van der Waals surface area contributed by atoms with Crippen LogP contribution in [0.25, 0.3) is 0 Å². The lowest BCUT2D eigenvalue weighted by Crippen LogP contribution is -2.44. The predicted molar refractivity (Wildman–Crippen MR) is 147 cm³/mol. The van der Waals surface area contributed by atoms with E-state index in [2.05, 4.69) is 27.0 Å². The van der Waals surface area contributed by atoms with E-state index in [0.717, 1.165) is 37.3 Å². The molecular weight excluding hydrogens is 478 g/mol. The van der Waals surface area contributed by atoms with Crippen molar-refractivity contribution in [1.82, 2.24) is 24.7 Å². The third-order valence-corrected chi connectivity index (χ3v) is 6.75. The van der Waals surface area contributed by atoms with E-state index in [1.165, 1.54) is 11.8 Å². The first-order valence-corrected chi connectivity index (χ1v) is 13.3. The van der Waals surface area contributed by atoms with Crippen LogP contribution in [0.15, 0.2) is 73.1 Å². The second kappa shape index (κ2) is 14.4. The molecule has 3 aromatic rings. The van der Waals surface area contributed by atoms with Gasteiger partial charge in [-0.1, -0.05) is 60.7 Å². The Bertz CT molecular complexity index is 1140. The lowest BCUT2D eigenvalue weighted by atomic mass is 10.1. The molecule has 0 spiro atoms. The van der Waals surface area contributed by atoms with Gasteiger partial charge >= 0.3 is 0 Å². The van der Waals surface area contributed by atoms with Crippen molar-refractivity contribution in [3.05, 3.63) is 95.6 Å². The number of amides is 2. The van der Waals surface area contributed by atoms with Crippen molar-refractivity contribution in [3.63, 3.8) is 0 Å². The van der Waals surface area contributed by atoms with Crippen LogP contribution in [-0.2, 0) is 22.5 Å². The molecule has 1 aromatic heterocycles. The largest absolute Gasteiger partial charge is 0.379 e. The van der Waals surface area contributed by atoms with Crippen LogP contribution in [0, 0.1) is 6.92 Å². The number of carbonyl (C=O) groups is 2. The highest BCUT2D eigenvalue weighted by atomic mass is 16.5. The molecule has 200 valence electrons. The molecule has 2 aromatic carbocycles. The summed E-state index contributed by atoms with van der Waals surface area (Å²) < 4.78 is 5.45. The van der Waals surface area contributed by atoms with E-state index in [4.69, 9.17) is 4.74 Å². The fourth-order valence-corrected chi connectivity index (χ4v) is 4.46. The zero-order valence-corrected chi connectivity index (χ0v) is 22.2. The van der Waals surface area contributed by atoms with Crippen molar-refractivity contribution in [3.8, 4) is 0 Å². The zero-order chi connectivity index (χ0) is 26.6. The van der Waals surface area contributed by atoms with Crippen LogP contribution in [0.3, 0.4) is 0 Å². The SMILES string of the molecule is Cc1cnc(C(=O)N(CCC(=O)N(CCc2ccccc2)Cc2ccccc2)CCN2CCOCC2)cn1. The van der Waals surface area contributed by atoms with Gasteiger partial charge in [0, 0.05) is 58.4 Å². The van der Waals surface area contributed by atoms with Crippen LogP contribution in [0.1, 0.15) is 33.7 Å². The van der Waals surface area contributed by atoms with Crippen LogP contribution in [0.5, 0.6) is 0 Å². The molecular formula is C30H37N5O3. The number of hydrogen-bond acceptors (Lipinski definition) is 6. The van der Waals surface area contributed by atoms with Gasteiger partial charge in [0.15, 0.2) is 0 Å². The summed E-state index contributed by atoms with van der Waals surface area (Å²) in [6.45, 7) is 7.65. The van der Waals surface area contributed by atoms with E-state index < -0.39 is 0 Å². The molecule has 1 fully saturated rings. The summed E-state index contributed by atoms with van der Waals surface area (Å²) in [6, 6.07) is 20.2. The van der Waals surface area contributed by atoms with Gasteiger partial charge in [-0.3, -0.25) is 19.5 Å². The highest BCUT2D eigenvalue weighted by molar-refractivity contribution is 5.92. The van der Waals surface area contributed by atoms with Gasteiger partial charge in [-0.15, -0.1) is 0 Å². The van der Waals surface area contributed by atoms with Crippen LogP contribution in [0.4, 0.5) is 0 Å². The normalized spacial score (nSPS) is 13.7. The molecule has 2 amide bonds. The van der Waals surface area contributed by atoms with Crippen LogP contribution in [-0.4, -0.2) is 89.0 Å². The van der Waals surface area contributed by atoms with Gasteiger partial charge in [0.1, 0.15) is 5.69 Å². The molecule has 0 radical (unpaired) electrons. The third-order valence-electron chi connectivity index (χ3n) is 6.75. The maximum atomic E-state index is 13.5. The molecule has 0 N–H and O–H groups in total. The van der Waals surface area contributed by atoms with Crippen LogP contribution < -0.4 is 0 Å². The lowest BCUT2D eigenvalue weighted by molar-refractivity contribution is -0.132. The summed E-state index contributed by atoms with van der Waals surface area (Å²) >= 11 is 0. The Labute approximate surface area is 225 Å². The first-order valence-electron chi connectivity index (χ1n) is 13.3. The molecule has 4 rings (SSSR count). The predicted octanol–water partition coefficient (Wildman–Crippen LogP) is 3.22. The van der Waals surface area contributed by atoms with Crippen molar-refractivity contribution >= 4 is 11.8 Å². The van der Waals surface area contributed by atoms with E-state index in [0.29, 0.717) is 45.1 Å². The Morgan fingerprint density at radius 2 is 1.53 bits per heavy atom. The minimum absolute atomic E-state index is 0.0314. The Hall–Kier alpha value is -3.62. The maximum absolute atomic E-state index is 13.5. The number of benzene rings is 2. The molecule has 1 saturated heterocycles. The summed E-state index contributed by atoms with van der Waals surface area (Å²) in [5, 5.41) is 0. The maximum Gasteiger partial charge on any atom is 0.274 e. The number of aryl methyl sites for hydroxylation is 1. The lowest BCUT2D eigenvalue weighted by Gasteiger charge is -2.30. The van der Waals surface area contributed by atoms with Gasteiger partial charge in [0.2, 0.25) is 5.91 Å². The molecule has 0 unspecified atom stereocenters. The van der Waals surface area contributed by atoms with Crippen molar-refractivity contribution < 1.29 is 14.3 Å². The van der Waals surface area contributed by atoms with E-state index in [-0.39, 0.29) is 18.2 Å². The van der Waals surface area contributed by atoms with E-state index in [1.807, 2.05) is 60.4 Å². The molecule has 0 atom stereocenters. The first-order chi connectivity index (χ1) is 18.6. The fourth-order valence-electron chi connectivity index (χ4n) is 4.46. The molecule has 1 aliphatic rings. The monoisotopic (exact) mass is 515 g/mol. The van der Waals surface area contributed by atoms with Crippen molar-refractivity contribution in [2.24, 2.45) is 0 Å². The number of morpholine rings is 1. The Morgan fingerprint density at radius 3 is 2.18 bits per heavy atom. The standard InChI is InChI=1S/C30H37N5O3/c1-25-22-32-28(23-31-25)30(37)34(17-16-33-18-20-38-21-19-33)15-13-29(36)35(24-27-10-6-3-7-11-27)14-12-26-8-4-2-5-9-26/h2-11,22-23H,12-21,24H2,1H3. The number of ether oxygens (including phenoxy) is 1. The smallest absolute Gasteiger partial charge is 0.274 e. The second-order valence-electron chi connectivity index (χ2n) is 9.58. The average Bonchev–Trinajstić information content (AvgIpc) is 2.97. The van der Waals surface area contributed by atoms with E-state index >= 15 is 0 Å². The van der Waals surface area contributed by atoms with E-state index in [1.54, 1.807) is 11.1 Å². The summed E-state index contributed by atoms with van der Waals surface area (Å²) in [4.78, 5) is 41.3. The van der Waals surface area contributed by atoms with Gasteiger partial charge in [-0.25, -0.2) is 4.98 Å². The summed E-state index contributed by atoms with van der Waals surface area (Å²) in [6.07, 6.45) is 4.14. The highest BCUT2D eigenvalue weighted by Gasteiger charge is 2.22. The number of rotatable bonds is 12. The van der Waals surface area contributed by atoms with Gasteiger partial charge in [-0.2, -0.15) is 0 Å². The van der Waals surface area contributed by atoms with E-state index in [9.17, 15) is 9.59 Å². The Balaban J connectivity index is 1.43. The van der Waals surface area contributed by atoms with Gasteiger partial charge in [0.05, 0.1) is 25.1 Å². The summed E-state index contributed by atoms with van der Waals surface area (Å²) in [5.74, 6) is -0.165. The average molecular weight is 516 g/mol. The van der Waals surface area contributed by atoms with Crippen molar-refractivity contribution in [2.75, 3.05) is 52.5 Å². The quantitative estimate of drug-likeness (QED) is 0.369. The topological polar surface area (TPSA) is 78.9 Å². The molecule has 0 saturated carbocycles. The van der Waals surface area contributed by atoms with Gasteiger partial charge in [0.25, 0.3) is 5.91 Å². The van der Waals surface area contributed by atoms with Gasteiger partial charge in [-0.05, 0) is 24.5 Å². The van der Waals surface area contributed by atoms with Gasteiger partial charge < -0.3 is 14.5 Å². The fraction of sp³-hybridized carbons (Fsp3) is 0.400. The Kier molecular flexibility index (Phi) is 10.4. The first kappa shape index (κ1) is 27.4. The molecule has 0 aliphatic carbocycles. The Morgan fingerprint density at radius 1 is 0.842 bits per heavy atom. The van der Waals surface area contributed by atoms with Crippen LogP contribution >= 0.6 is 0 Å².